The number of benzene rings is 1. The Hall–Kier alpha value is -3.24. The van der Waals surface area contributed by atoms with Gasteiger partial charge in [0.1, 0.15) is 5.82 Å². The first-order valence-corrected chi connectivity index (χ1v) is 9.71. The summed E-state index contributed by atoms with van der Waals surface area (Å²) in [5.41, 5.74) is 9.72. The second-order valence-electron chi connectivity index (χ2n) is 7.42. The number of hydrogen-bond donors (Lipinski definition) is 2. The molecular weight excluding hydrogens is 362 g/mol. The number of aryl methyl sites for hydroxylation is 2. The van der Waals surface area contributed by atoms with Crippen LogP contribution in [0.2, 0.25) is 0 Å². The Morgan fingerprint density at radius 2 is 1.93 bits per heavy atom. The quantitative estimate of drug-likeness (QED) is 0.706. The van der Waals surface area contributed by atoms with Crippen LogP contribution < -0.4 is 11.1 Å². The van der Waals surface area contributed by atoms with Gasteiger partial charge >= 0.3 is 0 Å². The van der Waals surface area contributed by atoms with Crippen molar-refractivity contribution in [2.75, 3.05) is 24.1 Å². The minimum absolute atomic E-state index is 0.121. The Labute approximate surface area is 173 Å². The molecule has 1 aliphatic rings. The van der Waals surface area contributed by atoms with E-state index in [-0.39, 0.29) is 6.04 Å². The summed E-state index contributed by atoms with van der Waals surface area (Å²) in [5.74, 6) is 0.864. The number of fused-ring (bicyclic) bond motifs is 1. The predicted molar refractivity (Wildman–Crippen MR) is 114 cm³/mol. The van der Waals surface area contributed by atoms with Gasteiger partial charge in [0.05, 0.1) is 17.0 Å². The first-order chi connectivity index (χ1) is 14.8. The summed E-state index contributed by atoms with van der Waals surface area (Å²) in [7, 11) is 0. The number of likely N-dealkylation sites (tertiary alicyclic amines) is 1. The Morgan fingerprint density at radius 1 is 1.21 bits per heavy atom. The van der Waals surface area contributed by atoms with Crippen molar-refractivity contribution in [3.05, 3.63) is 52.7 Å². The third-order valence-corrected chi connectivity index (χ3v) is 5.15. The van der Waals surface area contributed by atoms with Crippen LogP contribution in [0.1, 0.15) is 38.0 Å². The number of hydrogen-bond acceptors (Lipinski definition) is 7. The van der Waals surface area contributed by atoms with E-state index in [1.807, 2.05) is 24.8 Å². The smallest absolute Gasteiger partial charge is 0.226 e. The fraction of sp³-hybridized carbons (Fsp3) is 0.364. The molecule has 0 atom stereocenters. The molecule has 4 rings (SSSR count). The van der Waals surface area contributed by atoms with Gasteiger partial charge < -0.3 is 11.1 Å². The summed E-state index contributed by atoms with van der Waals surface area (Å²) < 4.78 is 17.1. The number of rotatable bonds is 4. The van der Waals surface area contributed by atoms with Gasteiger partial charge in [0.2, 0.25) is 5.95 Å². The molecule has 0 unspecified atom stereocenters. The maximum atomic E-state index is 8.95. The average Bonchev–Trinajstić information content (AvgIpc) is 2.73. The van der Waals surface area contributed by atoms with E-state index in [1.165, 1.54) is 0 Å². The molecule has 1 saturated heterocycles. The van der Waals surface area contributed by atoms with Gasteiger partial charge in [0.15, 0.2) is 5.65 Å². The lowest BCUT2D eigenvalue weighted by Gasteiger charge is -2.32. The van der Waals surface area contributed by atoms with Gasteiger partial charge in [-0.25, -0.2) is 4.98 Å². The van der Waals surface area contributed by atoms with Crippen LogP contribution in [0.15, 0.2) is 30.3 Å². The maximum absolute atomic E-state index is 8.95. The minimum atomic E-state index is -1.60. The summed E-state index contributed by atoms with van der Waals surface area (Å²) in [6, 6.07) is 10.8. The molecule has 1 fully saturated rings. The predicted octanol–water partition coefficient (Wildman–Crippen LogP) is 3.17. The Kier molecular flexibility index (Phi) is 4.61. The molecule has 29 heavy (non-hydrogen) atoms. The number of nitrogens with zero attached hydrogens (tertiary/aromatic N) is 5. The summed E-state index contributed by atoms with van der Waals surface area (Å²) >= 11 is 0. The highest BCUT2D eigenvalue weighted by Crippen LogP contribution is 2.24. The number of anilines is 2. The zero-order chi connectivity index (χ0) is 22.2. The van der Waals surface area contributed by atoms with E-state index in [0.29, 0.717) is 41.6 Å². The summed E-state index contributed by atoms with van der Waals surface area (Å²) in [6.07, 6.45) is 1.49. The minimum Gasteiger partial charge on any atom is -0.383 e. The van der Waals surface area contributed by atoms with Crippen molar-refractivity contribution in [3.63, 3.8) is 0 Å². The van der Waals surface area contributed by atoms with Crippen LogP contribution in [0.3, 0.4) is 0 Å². The van der Waals surface area contributed by atoms with Gasteiger partial charge in [0, 0.05) is 34.1 Å². The molecule has 3 N–H and O–H groups in total. The maximum Gasteiger partial charge on any atom is 0.226 e. The van der Waals surface area contributed by atoms with Gasteiger partial charge in [-0.15, -0.1) is 0 Å². The van der Waals surface area contributed by atoms with Crippen molar-refractivity contribution in [3.8, 4) is 6.07 Å². The van der Waals surface area contributed by atoms with Gasteiger partial charge in [-0.05, 0) is 56.0 Å². The first kappa shape index (κ1) is 16.7. The molecule has 3 heterocycles. The zero-order valence-electron chi connectivity index (χ0n) is 18.6. The van der Waals surface area contributed by atoms with Crippen LogP contribution in [0.5, 0.6) is 0 Å². The number of nitriles is 1. The molecule has 1 aromatic carbocycles. The monoisotopic (exact) mass is 389 g/mol. The van der Waals surface area contributed by atoms with Gasteiger partial charge in [-0.3, -0.25) is 4.90 Å². The summed E-state index contributed by atoms with van der Waals surface area (Å²) in [4.78, 5) is 15.3. The van der Waals surface area contributed by atoms with Gasteiger partial charge in [-0.2, -0.15) is 15.2 Å². The van der Waals surface area contributed by atoms with E-state index in [1.54, 1.807) is 24.3 Å². The molecular formula is C22H25N7. The molecule has 7 heteroatoms. The van der Waals surface area contributed by atoms with Crippen molar-refractivity contribution in [1.29, 1.82) is 5.26 Å². The zero-order valence-corrected chi connectivity index (χ0v) is 16.6. The number of piperidine rings is 1. The second-order valence-corrected chi connectivity index (χ2v) is 7.42. The van der Waals surface area contributed by atoms with Crippen LogP contribution in [-0.2, 0) is 6.50 Å². The van der Waals surface area contributed by atoms with E-state index < -0.39 is 6.50 Å². The second kappa shape index (κ2) is 8.02. The van der Waals surface area contributed by atoms with Crippen molar-refractivity contribution < 1.29 is 2.74 Å². The molecule has 148 valence electrons. The number of nitrogens with one attached hydrogen (secondary N) is 1. The van der Waals surface area contributed by atoms with Crippen LogP contribution in [0.4, 0.5) is 11.8 Å². The fourth-order valence-electron chi connectivity index (χ4n) is 3.69. The molecule has 7 nitrogen and oxygen atoms in total. The fourth-order valence-corrected chi connectivity index (χ4v) is 3.69. The van der Waals surface area contributed by atoms with Crippen LogP contribution in [0.25, 0.3) is 11.0 Å². The lowest BCUT2D eigenvalue weighted by atomic mass is 10.0. The summed E-state index contributed by atoms with van der Waals surface area (Å²) in [6.45, 7) is 3.48. The van der Waals surface area contributed by atoms with Crippen molar-refractivity contribution in [2.24, 2.45) is 0 Å². The van der Waals surface area contributed by atoms with Gasteiger partial charge in [-0.1, -0.05) is 12.1 Å². The van der Waals surface area contributed by atoms with Crippen LogP contribution in [-0.4, -0.2) is 39.0 Å². The normalized spacial score (nSPS) is 16.9. The van der Waals surface area contributed by atoms with E-state index in [2.05, 4.69) is 26.3 Å². The van der Waals surface area contributed by atoms with E-state index in [0.717, 1.165) is 29.5 Å². The molecule has 0 aliphatic carbocycles. The molecule has 0 amide bonds. The molecule has 2 aromatic heterocycles. The molecule has 3 aromatic rings. The van der Waals surface area contributed by atoms with Crippen molar-refractivity contribution in [2.45, 2.75) is 39.2 Å². The Balaban J connectivity index is 1.45. The Morgan fingerprint density at radius 3 is 2.62 bits per heavy atom. The molecule has 0 saturated carbocycles. The lowest BCUT2D eigenvalue weighted by Crippen LogP contribution is -2.39. The highest BCUT2D eigenvalue weighted by Gasteiger charge is 2.20. The number of nitrogen functional groups attached to an aromatic ring is 1. The third kappa shape index (κ3) is 4.28. The molecule has 0 spiro atoms. The first-order valence-electron chi connectivity index (χ1n) is 10.7. The standard InChI is InChI=1S/C22H25N7/c1-14-11-15(2)25-21-19(14)20(24)27-22(28-21)26-18-7-9-29(10-8-18)13-17-5-3-16(12-23)4-6-17/h3-6,11,18H,7-10,13H2,1-2H3,(H3,24,25,26,27,28)/i13D2. The molecule has 1 aliphatic heterocycles. The third-order valence-electron chi connectivity index (χ3n) is 5.15. The average molecular weight is 390 g/mol. The molecule has 0 bridgehead atoms. The van der Waals surface area contributed by atoms with Crippen molar-refractivity contribution in [1.82, 2.24) is 19.9 Å². The Bertz CT molecular complexity index is 1150. The van der Waals surface area contributed by atoms with E-state index >= 15 is 0 Å². The summed E-state index contributed by atoms with van der Waals surface area (Å²) in [5, 5.41) is 13.1. The van der Waals surface area contributed by atoms with E-state index in [4.69, 9.17) is 13.7 Å². The molecule has 0 radical (unpaired) electrons. The lowest BCUT2D eigenvalue weighted by molar-refractivity contribution is 0.211. The number of aromatic nitrogens is 3. The largest absolute Gasteiger partial charge is 0.383 e. The highest BCUT2D eigenvalue weighted by molar-refractivity contribution is 5.89. The van der Waals surface area contributed by atoms with Crippen LogP contribution in [0, 0.1) is 25.2 Å². The van der Waals surface area contributed by atoms with Crippen LogP contribution >= 0.6 is 0 Å². The van der Waals surface area contributed by atoms with Crippen molar-refractivity contribution >= 4 is 22.8 Å². The number of pyridine rings is 1. The SMILES string of the molecule is [2H]C([2H])(c1ccc(C#N)cc1)N1CCC(Nc2nc(N)c3c(C)cc(C)nc3n2)CC1. The van der Waals surface area contributed by atoms with Gasteiger partial charge in [0.25, 0.3) is 0 Å². The number of nitrogens with two attached hydrogens (primary N) is 1. The highest BCUT2D eigenvalue weighted by atomic mass is 15.2. The van der Waals surface area contributed by atoms with E-state index in [9.17, 15) is 0 Å². The topological polar surface area (TPSA) is 104 Å².